The molecular formula is C13H22N2O3S. The molecule has 0 spiro atoms. The van der Waals surface area contributed by atoms with Crippen molar-refractivity contribution in [2.75, 3.05) is 0 Å². The fraction of sp³-hybridized carbons (Fsp3) is 0.692. The third-order valence-electron chi connectivity index (χ3n) is 3.70. The third-order valence-corrected chi connectivity index (χ3v) is 5.19. The summed E-state index contributed by atoms with van der Waals surface area (Å²) in [6, 6.07) is 1.61. The van der Waals surface area contributed by atoms with Gasteiger partial charge in [0.2, 0.25) is 10.0 Å². The Balaban J connectivity index is 2.16. The second-order valence-electron chi connectivity index (χ2n) is 5.07. The fourth-order valence-corrected chi connectivity index (χ4v) is 3.97. The molecule has 0 radical (unpaired) electrons. The number of hydrogen-bond donors (Lipinski definition) is 2. The normalized spacial score (nSPS) is 17.8. The highest BCUT2D eigenvalue weighted by Crippen LogP contribution is 2.21. The van der Waals surface area contributed by atoms with Crippen LogP contribution in [0.4, 0.5) is 0 Å². The number of rotatable bonds is 5. The molecule has 6 heteroatoms. The molecule has 1 aliphatic rings. The maximum atomic E-state index is 12.3. The van der Waals surface area contributed by atoms with E-state index in [2.05, 4.69) is 4.72 Å². The first-order valence-corrected chi connectivity index (χ1v) is 8.37. The molecule has 1 heterocycles. The summed E-state index contributed by atoms with van der Waals surface area (Å²) in [5, 5.41) is 9.21. The van der Waals surface area contributed by atoms with E-state index in [0.717, 1.165) is 25.7 Å². The van der Waals surface area contributed by atoms with Crippen molar-refractivity contribution in [3.63, 3.8) is 0 Å². The summed E-state index contributed by atoms with van der Waals surface area (Å²) in [6.07, 6.45) is 6.80. The van der Waals surface area contributed by atoms with Gasteiger partial charge in [-0.2, -0.15) is 0 Å². The van der Waals surface area contributed by atoms with Crippen LogP contribution in [0, 0.1) is 0 Å². The number of sulfonamides is 1. The summed E-state index contributed by atoms with van der Waals surface area (Å²) in [4.78, 5) is 0.254. The van der Waals surface area contributed by atoms with Gasteiger partial charge in [-0.1, -0.05) is 19.3 Å². The lowest BCUT2D eigenvalue weighted by Gasteiger charge is -2.22. The Morgan fingerprint density at radius 2 is 2.05 bits per heavy atom. The summed E-state index contributed by atoms with van der Waals surface area (Å²) in [6.45, 7) is 2.42. The Morgan fingerprint density at radius 1 is 1.37 bits per heavy atom. The highest BCUT2D eigenvalue weighted by molar-refractivity contribution is 7.89. The average Bonchev–Trinajstić information content (AvgIpc) is 2.83. The topological polar surface area (TPSA) is 71.3 Å². The molecule has 1 saturated carbocycles. The molecule has 19 heavy (non-hydrogen) atoms. The van der Waals surface area contributed by atoms with E-state index in [1.165, 1.54) is 6.42 Å². The molecule has 0 saturated heterocycles. The van der Waals surface area contributed by atoms with Crippen LogP contribution in [0.25, 0.3) is 0 Å². The molecule has 2 rings (SSSR count). The smallest absolute Gasteiger partial charge is 0.242 e. The first-order chi connectivity index (χ1) is 9.06. The zero-order valence-corrected chi connectivity index (χ0v) is 12.1. The molecule has 5 nitrogen and oxygen atoms in total. The van der Waals surface area contributed by atoms with Crippen LogP contribution in [0.1, 0.15) is 44.7 Å². The van der Waals surface area contributed by atoms with Gasteiger partial charge in [-0.05, 0) is 25.8 Å². The Morgan fingerprint density at radius 3 is 2.58 bits per heavy atom. The predicted molar refractivity (Wildman–Crippen MR) is 73.2 cm³/mol. The van der Waals surface area contributed by atoms with Crippen LogP contribution in [-0.2, 0) is 23.2 Å². The summed E-state index contributed by atoms with van der Waals surface area (Å²) in [7, 11) is -3.46. The van der Waals surface area contributed by atoms with Crippen LogP contribution in [0.5, 0.6) is 0 Å². The van der Waals surface area contributed by atoms with E-state index < -0.39 is 10.0 Å². The van der Waals surface area contributed by atoms with Crippen molar-refractivity contribution in [3.05, 3.63) is 18.0 Å². The quantitative estimate of drug-likeness (QED) is 0.864. The van der Waals surface area contributed by atoms with Gasteiger partial charge in [0.05, 0.1) is 11.5 Å². The lowest BCUT2D eigenvalue weighted by molar-refractivity contribution is 0.271. The number of nitrogens with zero attached hydrogens (tertiary/aromatic N) is 1. The predicted octanol–water partition coefficient (Wildman–Crippen LogP) is 1.61. The van der Waals surface area contributed by atoms with Gasteiger partial charge in [0.1, 0.15) is 0 Å². The lowest BCUT2D eigenvalue weighted by atomic mass is 9.96. The Labute approximate surface area is 114 Å². The van der Waals surface area contributed by atoms with Crippen LogP contribution in [-0.4, -0.2) is 24.1 Å². The van der Waals surface area contributed by atoms with Crippen LogP contribution >= 0.6 is 0 Å². The maximum absolute atomic E-state index is 12.3. The minimum atomic E-state index is -3.46. The highest BCUT2D eigenvalue weighted by atomic mass is 32.2. The first-order valence-electron chi connectivity index (χ1n) is 6.89. The first kappa shape index (κ1) is 14.6. The Kier molecular flexibility index (Phi) is 4.65. The number of aliphatic hydroxyl groups is 1. The number of aryl methyl sites for hydroxylation is 1. The molecule has 0 aromatic carbocycles. The van der Waals surface area contributed by atoms with E-state index in [9.17, 15) is 13.5 Å². The van der Waals surface area contributed by atoms with Crippen molar-refractivity contribution in [2.45, 2.75) is 63.1 Å². The molecule has 1 aliphatic carbocycles. The van der Waals surface area contributed by atoms with Crippen molar-refractivity contribution in [1.82, 2.24) is 9.29 Å². The number of aliphatic hydroxyl groups excluding tert-OH is 1. The molecule has 2 N–H and O–H groups in total. The van der Waals surface area contributed by atoms with Gasteiger partial charge in [0.25, 0.3) is 0 Å². The van der Waals surface area contributed by atoms with Gasteiger partial charge in [0, 0.05) is 24.5 Å². The van der Waals surface area contributed by atoms with E-state index in [4.69, 9.17) is 0 Å². The van der Waals surface area contributed by atoms with E-state index in [1.807, 2.05) is 6.92 Å². The van der Waals surface area contributed by atoms with E-state index in [0.29, 0.717) is 12.2 Å². The molecule has 1 aromatic heterocycles. The standard InChI is InChI=1S/C13H22N2O3S/c1-2-15-9-13(8-12(15)10-16)19(17,18)14-11-6-4-3-5-7-11/h8-9,11,14,16H,2-7,10H2,1H3. The molecule has 1 fully saturated rings. The summed E-state index contributed by atoms with van der Waals surface area (Å²) >= 11 is 0. The van der Waals surface area contributed by atoms with Gasteiger partial charge < -0.3 is 9.67 Å². The van der Waals surface area contributed by atoms with Gasteiger partial charge in [-0.15, -0.1) is 0 Å². The lowest BCUT2D eigenvalue weighted by Crippen LogP contribution is -2.36. The highest BCUT2D eigenvalue weighted by Gasteiger charge is 2.23. The molecule has 1 aromatic rings. The minimum Gasteiger partial charge on any atom is -0.390 e. The largest absolute Gasteiger partial charge is 0.390 e. The van der Waals surface area contributed by atoms with Crippen LogP contribution < -0.4 is 4.72 Å². The van der Waals surface area contributed by atoms with Gasteiger partial charge >= 0.3 is 0 Å². The molecule has 0 aliphatic heterocycles. The van der Waals surface area contributed by atoms with Crippen molar-refractivity contribution in [1.29, 1.82) is 0 Å². The van der Waals surface area contributed by atoms with Crippen molar-refractivity contribution in [3.8, 4) is 0 Å². The van der Waals surface area contributed by atoms with Crippen LogP contribution in [0.2, 0.25) is 0 Å². The molecule has 0 bridgehead atoms. The zero-order chi connectivity index (χ0) is 13.9. The summed E-state index contributed by atoms with van der Waals surface area (Å²) in [5.41, 5.74) is 0.631. The number of aromatic nitrogens is 1. The molecule has 108 valence electrons. The van der Waals surface area contributed by atoms with E-state index in [-0.39, 0.29) is 17.5 Å². The van der Waals surface area contributed by atoms with E-state index in [1.54, 1.807) is 16.8 Å². The molecule has 0 amide bonds. The summed E-state index contributed by atoms with van der Waals surface area (Å²) < 4.78 is 29.1. The Bertz CT molecular complexity index is 494. The third kappa shape index (κ3) is 3.38. The minimum absolute atomic E-state index is 0.0568. The SMILES string of the molecule is CCn1cc(S(=O)(=O)NC2CCCCC2)cc1CO. The maximum Gasteiger partial charge on any atom is 0.242 e. The molecular weight excluding hydrogens is 264 g/mol. The average molecular weight is 286 g/mol. The number of hydrogen-bond acceptors (Lipinski definition) is 3. The van der Waals surface area contributed by atoms with Crippen molar-refractivity contribution < 1.29 is 13.5 Å². The fourth-order valence-electron chi connectivity index (χ4n) is 2.61. The number of nitrogens with one attached hydrogen (secondary N) is 1. The van der Waals surface area contributed by atoms with Gasteiger partial charge in [-0.3, -0.25) is 0 Å². The van der Waals surface area contributed by atoms with Crippen molar-refractivity contribution >= 4 is 10.0 Å². The summed E-state index contributed by atoms with van der Waals surface area (Å²) in [5.74, 6) is 0. The molecule has 0 unspecified atom stereocenters. The van der Waals surface area contributed by atoms with Gasteiger partial charge in [-0.25, -0.2) is 13.1 Å². The Hall–Kier alpha value is -0.850. The van der Waals surface area contributed by atoms with E-state index >= 15 is 0 Å². The zero-order valence-electron chi connectivity index (χ0n) is 11.3. The second-order valence-corrected chi connectivity index (χ2v) is 6.78. The van der Waals surface area contributed by atoms with Gasteiger partial charge in [0.15, 0.2) is 0 Å². The van der Waals surface area contributed by atoms with Crippen LogP contribution in [0.15, 0.2) is 17.2 Å². The van der Waals surface area contributed by atoms with Crippen LogP contribution in [0.3, 0.4) is 0 Å². The van der Waals surface area contributed by atoms with Crippen molar-refractivity contribution in [2.24, 2.45) is 0 Å². The monoisotopic (exact) mass is 286 g/mol. The second kappa shape index (κ2) is 6.07. The molecule has 0 atom stereocenters.